The minimum absolute atomic E-state index is 0.0973. The molecule has 1 fully saturated rings. The highest BCUT2D eigenvalue weighted by molar-refractivity contribution is 5.91. The van der Waals surface area contributed by atoms with Crippen LogP contribution in [0.5, 0.6) is 0 Å². The summed E-state index contributed by atoms with van der Waals surface area (Å²) in [6, 6.07) is 7.20. The topological polar surface area (TPSA) is 73.4 Å². The number of carboxylic acids is 1. The first-order chi connectivity index (χ1) is 10.6. The van der Waals surface area contributed by atoms with E-state index in [9.17, 15) is 14.7 Å². The highest BCUT2D eigenvalue weighted by Gasteiger charge is 2.32. The number of nitrogens with one attached hydrogen (secondary N) is 1. The smallest absolute Gasteiger partial charge is 0.326 e. The van der Waals surface area contributed by atoms with Crippen molar-refractivity contribution >= 4 is 22.8 Å². The molecule has 1 aromatic heterocycles. The predicted molar refractivity (Wildman–Crippen MR) is 83.7 cm³/mol. The van der Waals surface area contributed by atoms with Crippen LogP contribution >= 0.6 is 0 Å². The van der Waals surface area contributed by atoms with Gasteiger partial charge in [0.1, 0.15) is 6.04 Å². The standard InChI is InChI=1S/C17H20N2O3/c1-11-13(12-6-2-3-7-14(12)18-11)10-16(20)19-9-5-4-8-15(19)17(21)22/h2-3,6-7,15,18H,4-5,8-10H2,1H3,(H,21,22)/t15-/m1/s1. The molecule has 2 heterocycles. The van der Waals surface area contributed by atoms with Gasteiger partial charge in [0.05, 0.1) is 6.42 Å². The first kappa shape index (κ1) is 14.6. The molecule has 0 spiro atoms. The quantitative estimate of drug-likeness (QED) is 0.914. The summed E-state index contributed by atoms with van der Waals surface area (Å²) in [6.45, 7) is 2.49. The van der Waals surface area contributed by atoms with Gasteiger partial charge in [-0.05, 0) is 37.8 Å². The average molecular weight is 300 g/mol. The number of aromatic nitrogens is 1. The molecule has 1 saturated heterocycles. The van der Waals surface area contributed by atoms with Crippen molar-refractivity contribution in [1.29, 1.82) is 0 Å². The number of piperidine rings is 1. The zero-order valence-electron chi connectivity index (χ0n) is 12.6. The third kappa shape index (κ3) is 2.58. The summed E-state index contributed by atoms with van der Waals surface area (Å²) < 4.78 is 0. The van der Waals surface area contributed by atoms with Gasteiger partial charge in [0, 0.05) is 23.1 Å². The number of para-hydroxylation sites is 1. The minimum atomic E-state index is -0.899. The van der Waals surface area contributed by atoms with Crippen molar-refractivity contribution in [1.82, 2.24) is 9.88 Å². The lowest BCUT2D eigenvalue weighted by atomic mass is 10.00. The third-order valence-corrected chi connectivity index (χ3v) is 4.46. The molecule has 116 valence electrons. The Balaban J connectivity index is 1.86. The van der Waals surface area contributed by atoms with Crippen LogP contribution in [0.3, 0.4) is 0 Å². The molecule has 1 aliphatic heterocycles. The normalized spacial score (nSPS) is 18.6. The van der Waals surface area contributed by atoms with E-state index in [0.29, 0.717) is 13.0 Å². The number of aromatic amines is 1. The fraction of sp³-hybridized carbons (Fsp3) is 0.412. The van der Waals surface area contributed by atoms with Gasteiger partial charge in [0.15, 0.2) is 0 Å². The SMILES string of the molecule is Cc1[nH]c2ccccc2c1CC(=O)N1CCCC[C@@H]1C(=O)O. The molecule has 0 bridgehead atoms. The Morgan fingerprint density at radius 3 is 2.86 bits per heavy atom. The van der Waals surface area contributed by atoms with Gasteiger partial charge in [0.2, 0.25) is 5.91 Å². The Kier molecular flexibility index (Phi) is 3.88. The van der Waals surface area contributed by atoms with Crippen molar-refractivity contribution < 1.29 is 14.7 Å². The molecule has 1 aliphatic rings. The second-order valence-electron chi connectivity index (χ2n) is 5.89. The molecular weight excluding hydrogens is 280 g/mol. The molecule has 0 aliphatic carbocycles. The zero-order chi connectivity index (χ0) is 15.7. The number of rotatable bonds is 3. The van der Waals surface area contributed by atoms with Gasteiger partial charge in [-0.15, -0.1) is 0 Å². The van der Waals surface area contributed by atoms with E-state index in [4.69, 9.17) is 0 Å². The van der Waals surface area contributed by atoms with Gasteiger partial charge in [-0.2, -0.15) is 0 Å². The summed E-state index contributed by atoms with van der Waals surface area (Å²) in [5.74, 6) is -0.997. The summed E-state index contributed by atoms with van der Waals surface area (Å²) >= 11 is 0. The number of aliphatic carboxylic acids is 1. The lowest BCUT2D eigenvalue weighted by molar-refractivity contribution is -0.151. The maximum atomic E-state index is 12.6. The molecule has 1 atom stereocenters. The molecule has 0 unspecified atom stereocenters. The maximum Gasteiger partial charge on any atom is 0.326 e. The number of amides is 1. The third-order valence-electron chi connectivity index (χ3n) is 4.46. The minimum Gasteiger partial charge on any atom is -0.480 e. The van der Waals surface area contributed by atoms with Gasteiger partial charge in [-0.25, -0.2) is 4.79 Å². The number of H-pyrrole nitrogens is 1. The highest BCUT2D eigenvalue weighted by atomic mass is 16.4. The predicted octanol–water partition coefficient (Wildman–Crippen LogP) is 2.48. The number of carboxylic acid groups (broad SMARTS) is 1. The van der Waals surface area contributed by atoms with Crippen molar-refractivity contribution in [2.75, 3.05) is 6.54 Å². The number of carbonyl (C=O) groups is 2. The van der Waals surface area contributed by atoms with E-state index < -0.39 is 12.0 Å². The molecule has 3 rings (SSSR count). The van der Waals surface area contributed by atoms with Crippen molar-refractivity contribution in [3.63, 3.8) is 0 Å². The van der Waals surface area contributed by atoms with Crippen LogP contribution in [0.4, 0.5) is 0 Å². The van der Waals surface area contributed by atoms with Crippen molar-refractivity contribution in [2.24, 2.45) is 0 Å². The second-order valence-corrected chi connectivity index (χ2v) is 5.89. The van der Waals surface area contributed by atoms with Crippen LogP contribution in [0, 0.1) is 6.92 Å². The van der Waals surface area contributed by atoms with Crippen LogP contribution in [0.1, 0.15) is 30.5 Å². The van der Waals surface area contributed by atoms with E-state index in [1.807, 2.05) is 31.2 Å². The molecule has 0 saturated carbocycles. The highest BCUT2D eigenvalue weighted by Crippen LogP contribution is 2.24. The van der Waals surface area contributed by atoms with Gasteiger partial charge in [-0.3, -0.25) is 4.79 Å². The zero-order valence-corrected chi connectivity index (χ0v) is 12.6. The Labute approximate surface area is 128 Å². The molecule has 1 amide bonds. The number of benzene rings is 1. The van der Waals surface area contributed by atoms with Crippen LogP contribution in [-0.2, 0) is 16.0 Å². The second kappa shape index (κ2) is 5.83. The molecule has 2 aromatic rings. The van der Waals surface area contributed by atoms with Crippen LogP contribution in [0.2, 0.25) is 0 Å². The number of hydrogen-bond donors (Lipinski definition) is 2. The number of fused-ring (bicyclic) bond motifs is 1. The van der Waals surface area contributed by atoms with E-state index >= 15 is 0 Å². The van der Waals surface area contributed by atoms with Gasteiger partial charge >= 0.3 is 5.97 Å². The average Bonchev–Trinajstić information content (AvgIpc) is 2.83. The molecule has 0 radical (unpaired) electrons. The molecule has 1 aromatic carbocycles. The fourth-order valence-electron chi connectivity index (χ4n) is 3.30. The summed E-state index contributed by atoms with van der Waals surface area (Å²) in [6.07, 6.45) is 2.54. The van der Waals surface area contributed by atoms with Crippen molar-refractivity contribution in [3.05, 3.63) is 35.5 Å². The van der Waals surface area contributed by atoms with E-state index in [-0.39, 0.29) is 12.3 Å². The van der Waals surface area contributed by atoms with Crippen LogP contribution in [0.25, 0.3) is 10.9 Å². The summed E-state index contributed by atoms with van der Waals surface area (Å²) in [4.78, 5) is 28.8. The number of likely N-dealkylation sites (tertiary alicyclic amines) is 1. The van der Waals surface area contributed by atoms with E-state index in [1.54, 1.807) is 0 Å². The van der Waals surface area contributed by atoms with Gasteiger partial charge in [0.25, 0.3) is 0 Å². The lowest BCUT2D eigenvalue weighted by Crippen LogP contribution is -2.48. The Bertz CT molecular complexity index is 720. The first-order valence-electron chi connectivity index (χ1n) is 7.66. The largest absolute Gasteiger partial charge is 0.480 e. The Morgan fingerprint density at radius 2 is 2.09 bits per heavy atom. The molecular formula is C17H20N2O3. The van der Waals surface area contributed by atoms with Crippen LogP contribution in [0.15, 0.2) is 24.3 Å². The van der Waals surface area contributed by atoms with Crippen molar-refractivity contribution in [3.8, 4) is 0 Å². The molecule has 22 heavy (non-hydrogen) atoms. The lowest BCUT2D eigenvalue weighted by Gasteiger charge is -2.33. The molecule has 5 nitrogen and oxygen atoms in total. The monoisotopic (exact) mass is 300 g/mol. The van der Waals surface area contributed by atoms with Gasteiger partial charge in [-0.1, -0.05) is 18.2 Å². The van der Waals surface area contributed by atoms with Crippen LogP contribution in [-0.4, -0.2) is 39.5 Å². The fourth-order valence-corrected chi connectivity index (χ4v) is 3.30. The Hall–Kier alpha value is -2.30. The van der Waals surface area contributed by atoms with E-state index in [2.05, 4.69) is 4.98 Å². The van der Waals surface area contributed by atoms with E-state index in [0.717, 1.165) is 35.0 Å². The number of aryl methyl sites for hydroxylation is 1. The molecule has 2 N–H and O–H groups in total. The summed E-state index contributed by atoms with van der Waals surface area (Å²) in [7, 11) is 0. The van der Waals surface area contributed by atoms with Crippen molar-refractivity contribution in [2.45, 2.75) is 38.6 Å². The molecule has 5 heteroatoms. The maximum absolute atomic E-state index is 12.6. The number of hydrogen-bond acceptors (Lipinski definition) is 2. The number of nitrogens with zero attached hydrogens (tertiary/aromatic N) is 1. The first-order valence-corrected chi connectivity index (χ1v) is 7.66. The number of carbonyl (C=O) groups excluding carboxylic acids is 1. The van der Waals surface area contributed by atoms with E-state index in [1.165, 1.54) is 4.90 Å². The van der Waals surface area contributed by atoms with Gasteiger partial charge < -0.3 is 15.0 Å². The summed E-state index contributed by atoms with van der Waals surface area (Å²) in [5.41, 5.74) is 2.95. The van der Waals surface area contributed by atoms with Crippen LogP contribution < -0.4 is 0 Å². The Morgan fingerprint density at radius 1 is 1.32 bits per heavy atom. The summed E-state index contributed by atoms with van der Waals surface area (Å²) in [5, 5.41) is 10.3.